The summed E-state index contributed by atoms with van der Waals surface area (Å²) in [6.07, 6.45) is 0.999. The minimum absolute atomic E-state index is 0.100. The molecule has 0 aliphatic heterocycles. The van der Waals surface area contributed by atoms with Crippen LogP contribution in [-0.2, 0) is 4.79 Å². The smallest absolute Gasteiger partial charge is 0.253 e. The zero-order valence-electron chi connectivity index (χ0n) is 14.3. The van der Waals surface area contributed by atoms with Crippen LogP contribution in [-0.4, -0.2) is 38.3 Å². The lowest BCUT2D eigenvalue weighted by Gasteiger charge is -2.19. The quantitative estimate of drug-likeness (QED) is 0.715. The number of rotatable bonds is 8. The Morgan fingerprint density at radius 1 is 1.26 bits per heavy atom. The molecule has 0 aromatic heterocycles. The maximum Gasteiger partial charge on any atom is 0.253 e. The minimum Gasteiger partial charge on any atom is -0.377 e. The number of benzene rings is 1. The summed E-state index contributed by atoms with van der Waals surface area (Å²) in [5, 5.41) is 5.72. The average molecular weight is 340 g/mol. The van der Waals surface area contributed by atoms with E-state index in [1.54, 1.807) is 12.1 Å². The second kappa shape index (κ2) is 9.40. The third-order valence-electron chi connectivity index (χ3n) is 3.22. The van der Waals surface area contributed by atoms with Crippen molar-refractivity contribution in [1.29, 1.82) is 0 Å². The van der Waals surface area contributed by atoms with E-state index in [9.17, 15) is 9.59 Å². The highest BCUT2D eigenvalue weighted by molar-refractivity contribution is 6.18. The van der Waals surface area contributed by atoms with Crippen molar-refractivity contribution in [3.8, 4) is 0 Å². The number of anilines is 2. The number of amides is 2. The SMILES string of the molecule is CC(C)CNC(=O)c1cc(NC(=O)CCCCl)ccc1N(C)C. The van der Waals surface area contributed by atoms with E-state index in [0.29, 0.717) is 42.4 Å². The topological polar surface area (TPSA) is 61.4 Å². The van der Waals surface area contributed by atoms with Crippen molar-refractivity contribution in [2.24, 2.45) is 5.92 Å². The first-order valence-corrected chi connectivity index (χ1v) is 8.34. The molecule has 2 amide bonds. The molecule has 2 N–H and O–H groups in total. The van der Waals surface area contributed by atoms with Crippen LogP contribution in [0.5, 0.6) is 0 Å². The fourth-order valence-electron chi connectivity index (χ4n) is 2.03. The summed E-state index contributed by atoms with van der Waals surface area (Å²) in [5.41, 5.74) is 1.97. The summed E-state index contributed by atoms with van der Waals surface area (Å²) < 4.78 is 0. The molecule has 5 nitrogen and oxygen atoms in total. The van der Waals surface area contributed by atoms with Gasteiger partial charge in [0.1, 0.15) is 0 Å². The normalized spacial score (nSPS) is 10.5. The van der Waals surface area contributed by atoms with Crippen molar-refractivity contribution in [2.75, 3.05) is 36.7 Å². The molecule has 0 heterocycles. The standard InChI is InChI=1S/C17H26ClN3O2/c1-12(2)11-19-17(23)14-10-13(7-8-15(14)21(3)4)20-16(22)6-5-9-18/h7-8,10,12H,5-6,9,11H2,1-4H3,(H,19,23)(H,20,22). The Labute approximate surface area is 143 Å². The molecule has 0 saturated heterocycles. The van der Waals surface area contributed by atoms with Crippen LogP contribution in [0.4, 0.5) is 11.4 Å². The summed E-state index contributed by atoms with van der Waals surface area (Å²) in [4.78, 5) is 26.1. The molecule has 1 rings (SSSR count). The van der Waals surface area contributed by atoms with Crippen LogP contribution in [0.2, 0.25) is 0 Å². The predicted octanol–water partition coefficient (Wildman–Crippen LogP) is 3.10. The molecule has 0 atom stereocenters. The zero-order valence-corrected chi connectivity index (χ0v) is 15.0. The van der Waals surface area contributed by atoms with E-state index in [0.717, 1.165) is 5.69 Å². The van der Waals surface area contributed by atoms with Gasteiger partial charge in [0.25, 0.3) is 5.91 Å². The summed E-state index contributed by atoms with van der Waals surface area (Å²) in [5.74, 6) is 0.590. The van der Waals surface area contributed by atoms with E-state index in [4.69, 9.17) is 11.6 Å². The highest BCUT2D eigenvalue weighted by Crippen LogP contribution is 2.23. The molecule has 1 aromatic rings. The minimum atomic E-state index is -0.140. The fraction of sp³-hybridized carbons (Fsp3) is 0.529. The van der Waals surface area contributed by atoms with Crippen LogP contribution >= 0.6 is 11.6 Å². The monoisotopic (exact) mass is 339 g/mol. The molecule has 128 valence electrons. The Morgan fingerprint density at radius 3 is 2.52 bits per heavy atom. The third-order valence-corrected chi connectivity index (χ3v) is 3.48. The van der Waals surface area contributed by atoms with Gasteiger partial charge in [-0.25, -0.2) is 0 Å². The van der Waals surface area contributed by atoms with Gasteiger partial charge in [-0.3, -0.25) is 9.59 Å². The van der Waals surface area contributed by atoms with Gasteiger partial charge in [-0.1, -0.05) is 13.8 Å². The van der Waals surface area contributed by atoms with Crippen LogP contribution in [0.1, 0.15) is 37.0 Å². The van der Waals surface area contributed by atoms with Crippen molar-refractivity contribution in [1.82, 2.24) is 5.32 Å². The molecule has 0 bridgehead atoms. The van der Waals surface area contributed by atoms with Gasteiger partial charge in [0.15, 0.2) is 0 Å². The molecule has 0 saturated carbocycles. The van der Waals surface area contributed by atoms with Crippen molar-refractivity contribution >= 4 is 34.8 Å². The number of carbonyl (C=O) groups excluding carboxylic acids is 2. The first-order chi connectivity index (χ1) is 10.8. The van der Waals surface area contributed by atoms with Crippen molar-refractivity contribution < 1.29 is 9.59 Å². The number of carbonyl (C=O) groups is 2. The largest absolute Gasteiger partial charge is 0.377 e. The first-order valence-electron chi connectivity index (χ1n) is 7.80. The van der Waals surface area contributed by atoms with Gasteiger partial charge < -0.3 is 15.5 Å². The van der Waals surface area contributed by atoms with E-state index >= 15 is 0 Å². The van der Waals surface area contributed by atoms with Crippen molar-refractivity contribution in [2.45, 2.75) is 26.7 Å². The van der Waals surface area contributed by atoms with Gasteiger partial charge in [-0.15, -0.1) is 11.6 Å². The average Bonchev–Trinajstić information content (AvgIpc) is 2.50. The molecule has 0 spiro atoms. The van der Waals surface area contributed by atoms with Crippen molar-refractivity contribution in [3.05, 3.63) is 23.8 Å². The van der Waals surface area contributed by atoms with Crippen LogP contribution in [0.3, 0.4) is 0 Å². The Balaban J connectivity index is 2.93. The summed E-state index contributed by atoms with van der Waals surface area (Å²) >= 11 is 5.59. The molecule has 1 aromatic carbocycles. The van der Waals surface area contributed by atoms with Gasteiger partial charge in [0.2, 0.25) is 5.91 Å². The zero-order chi connectivity index (χ0) is 17.4. The van der Waals surface area contributed by atoms with E-state index in [1.807, 2.05) is 38.9 Å². The second-order valence-corrected chi connectivity index (χ2v) is 6.45. The number of hydrogen-bond acceptors (Lipinski definition) is 3. The Bertz CT molecular complexity index is 545. The molecule has 6 heteroatoms. The molecule has 0 fully saturated rings. The lowest BCUT2D eigenvalue weighted by atomic mass is 10.1. The number of nitrogens with zero attached hydrogens (tertiary/aromatic N) is 1. The highest BCUT2D eigenvalue weighted by atomic mass is 35.5. The molecule has 0 radical (unpaired) electrons. The van der Waals surface area contributed by atoms with Crippen LogP contribution in [0.15, 0.2) is 18.2 Å². The van der Waals surface area contributed by atoms with Gasteiger partial charge >= 0.3 is 0 Å². The van der Waals surface area contributed by atoms with Crippen LogP contribution < -0.4 is 15.5 Å². The first kappa shape index (κ1) is 19.3. The van der Waals surface area contributed by atoms with Gasteiger partial charge in [0.05, 0.1) is 5.56 Å². The summed E-state index contributed by atoms with van der Waals surface area (Å²) in [6, 6.07) is 5.35. The predicted molar refractivity (Wildman–Crippen MR) is 96.5 cm³/mol. The molecule has 23 heavy (non-hydrogen) atoms. The van der Waals surface area contributed by atoms with E-state index in [-0.39, 0.29) is 11.8 Å². The summed E-state index contributed by atoms with van der Waals surface area (Å²) in [7, 11) is 3.76. The summed E-state index contributed by atoms with van der Waals surface area (Å²) in [6.45, 7) is 4.69. The van der Waals surface area contributed by atoms with Crippen molar-refractivity contribution in [3.63, 3.8) is 0 Å². The lowest BCUT2D eigenvalue weighted by molar-refractivity contribution is -0.116. The maximum absolute atomic E-state index is 12.4. The third kappa shape index (κ3) is 6.48. The number of halogens is 1. The van der Waals surface area contributed by atoms with E-state index in [1.165, 1.54) is 0 Å². The molecule has 0 unspecified atom stereocenters. The molecule has 0 aliphatic carbocycles. The fourth-order valence-corrected chi connectivity index (χ4v) is 2.16. The number of nitrogens with one attached hydrogen (secondary N) is 2. The molecule has 0 aliphatic rings. The second-order valence-electron chi connectivity index (χ2n) is 6.07. The van der Waals surface area contributed by atoms with Gasteiger partial charge in [0, 0.05) is 44.3 Å². The molecular weight excluding hydrogens is 314 g/mol. The van der Waals surface area contributed by atoms with Crippen LogP contribution in [0, 0.1) is 5.92 Å². The number of hydrogen-bond donors (Lipinski definition) is 2. The van der Waals surface area contributed by atoms with Gasteiger partial charge in [-0.05, 0) is 30.5 Å². The van der Waals surface area contributed by atoms with E-state index in [2.05, 4.69) is 10.6 Å². The lowest BCUT2D eigenvalue weighted by Crippen LogP contribution is -2.29. The van der Waals surface area contributed by atoms with E-state index < -0.39 is 0 Å². The van der Waals surface area contributed by atoms with Crippen LogP contribution in [0.25, 0.3) is 0 Å². The molecular formula is C17H26ClN3O2. The highest BCUT2D eigenvalue weighted by Gasteiger charge is 2.15. The number of alkyl halides is 1. The maximum atomic E-state index is 12.4. The Morgan fingerprint density at radius 2 is 1.96 bits per heavy atom. The Hall–Kier alpha value is -1.75. The van der Waals surface area contributed by atoms with Gasteiger partial charge in [-0.2, -0.15) is 0 Å². The Kier molecular flexibility index (Phi) is 7.89.